The second-order valence-electron chi connectivity index (χ2n) is 6.74. The number of benzene rings is 2. The Bertz CT molecular complexity index is 646. The van der Waals surface area contributed by atoms with Crippen molar-refractivity contribution in [2.45, 2.75) is 46.0 Å². The molecule has 0 aliphatic rings. The van der Waals surface area contributed by atoms with Gasteiger partial charge >= 0.3 is 0 Å². The maximum absolute atomic E-state index is 4.66. The summed E-state index contributed by atoms with van der Waals surface area (Å²) in [4.78, 5) is 4.66. The summed E-state index contributed by atoms with van der Waals surface area (Å²) >= 11 is 0. The number of nitrogens with zero attached hydrogens (tertiary/aromatic N) is 1. The number of aliphatic imine (C=N–C) groups is 1. The van der Waals surface area contributed by atoms with Gasteiger partial charge in [-0.25, -0.2) is 0 Å². The Balaban J connectivity index is 0. The zero-order chi connectivity index (χ0) is 15.5. The third-order valence-corrected chi connectivity index (χ3v) is 3.53. The zero-order valence-electron chi connectivity index (χ0n) is 15.0. The van der Waals surface area contributed by atoms with Crippen molar-refractivity contribution < 1.29 is 21.7 Å². The molecular formula is C20H26Cl2NTi-. The van der Waals surface area contributed by atoms with E-state index in [1.807, 2.05) is 12.3 Å². The van der Waals surface area contributed by atoms with Crippen LogP contribution in [0.15, 0.2) is 47.5 Å². The van der Waals surface area contributed by atoms with Crippen LogP contribution in [0.2, 0.25) is 0 Å². The first-order chi connectivity index (χ1) is 9.88. The predicted octanol–water partition coefficient (Wildman–Crippen LogP) is 6.50. The van der Waals surface area contributed by atoms with Crippen LogP contribution < -0.4 is 0 Å². The summed E-state index contributed by atoms with van der Waals surface area (Å²) in [5.74, 6) is 0.475. The molecule has 0 amide bonds. The molecule has 2 aromatic rings. The average Bonchev–Trinajstić information content (AvgIpc) is 2.45. The van der Waals surface area contributed by atoms with E-state index in [0.29, 0.717) is 5.92 Å². The van der Waals surface area contributed by atoms with E-state index in [-0.39, 0.29) is 51.9 Å². The van der Waals surface area contributed by atoms with E-state index in [4.69, 9.17) is 0 Å². The smallest absolute Gasteiger partial charge is 0.0550 e. The Hall–Kier alpha value is -0.596. The molecular weight excluding hydrogens is 373 g/mol. The average molecular weight is 399 g/mol. The van der Waals surface area contributed by atoms with Crippen LogP contribution in [-0.4, -0.2) is 6.21 Å². The van der Waals surface area contributed by atoms with Gasteiger partial charge in [-0.05, 0) is 29.2 Å². The van der Waals surface area contributed by atoms with Crippen molar-refractivity contribution in [1.82, 2.24) is 0 Å². The summed E-state index contributed by atoms with van der Waals surface area (Å²) in [5, 5.41) is 0. The second kappa shape index (κ2) is 11.1. The van der Waals surface area contributed by atoms with Gasteiger partial charge in [0.25, 0.3) is 0 Å². The van der Waals surface area contributed by atoms with Crippen molar-refractivity contribution in [2.75, 3.05) is 0 Å². The van der Waals surface area contributed by atoms with Gasteiger partial charge in [-0.15, -0.1) is 60.2 Å². The molecule has 0 fully saturated rings. The topological polar surface area (TPSA) is 12.4 Å². The van der Waals surface area contributed by atoms with E-state index in [1.165, 1.54) is 11.1 Å². The van der Waals surface area contributed by atoms with E-state index in [0.717, 1.165) is 11.3 Å². The van der Waals surface area contributed by atoms with Gasteiger partial charge in [0.1, 0.15) is 0 Å². The Morgan fingerprint density at radius 1 is 0.958 bits per heavy atom. The zero-order valence-corrected chi connectivity index (χ0v) is 18.2. The van der Waals surface area contributed by atoms with Crippen molar-refractivity contribution in [3.8, 4) is 0 Å². The molecule has 0 spiro atoms. The summed E-state index contributed by atoms with van der Waals surface area (Å²) < 4.78 is 0. The molecule has 1 nitrogen and oxygen atoms in total. The van der Waals surface area contributed by atoms with E-state index < -0.39 is 0 Å². The van der Waals surface area contributed by atoms with Crippen LogP contribution in [-0.2, 0) is 27.1 Å². The number of hydrogen-bond acceptors (Lipinski definition) is 1. The van der Waals surface area contributed by atoms with Crippen LogP contribution in [0.3, 0.4) is 0 Å². The van der Waals surface area contributed by atoms with Gasteiger partial charge in [-0.2, -0.15) is 0 Å². The molecule has 0 radical (unpaired) electrons. The third kappa shape index (κ3) is 7.11. The molecule has 0 N–H and O–H groups in total. The maximum Gasteiger partial charge on any atom is 0.0550 e. The Morgan fingerprint density at radius 3 is 2.17 bits per heavy atom. The first-order valence-electron chi connectivity index (χ1n) is 7.54. The minimum atomic E-state index is 0. The molecule has 0 aliphatic carbocycles. The summed E-state index contributed by atoms with van der Waals surface area (Å²) in [5.41, 5.74) is 4.67. The SMILES string of the molecule is CC(C)c1ccccc1N=Cc1[c-]c(C(C)(C)C)ccc1.Cl.Cl.[Ti]. The molecule has 0 saturated carbocycles. The van der Waals surface area contributed by atoms with Crippen LogP contribution >= 0.6 is 24.8 Å². The quantitative estimate of drug-likeness (QED) is 0.318. The fraction of sp³-hybridized carbons (Fsp3) is 0.350. The summed E-state index contributed by atoms with van der Waals surface area (Å²) in [6, 6.07) is 18.0. The van der Waals surface area contributed by atoms with E-state index in [2.05, 4.69) is 82.1 Å². The molecule has 0 unspecified atom stereocenters. The molecule has 24 heavy (non-hydrogen) atoms. The summed E-state index contributed by atoms with van der Waals surface area (Å²) in [6.45, 7) is 11.0. The van der Waals surface area contributed by atoms with Crippen LogP contribution in [0, 0.1) is 6.07 Å². The monoisotopic (exact) mass is 398 g/mol. The largest absolute Gasteiger partial charge is 0.304 e. The summed E-state index contributed by atoms with van der Waals surface area (Å²) in [7, 11) is 0. The number of para-hydroxylation sites is 1. The van der Waals surface area contributed by atoms with Crippen LogP contribution in [0.1, 0.15) is 57.2 Å². The van der Waals surface area contributed by atoms with Gasteiger partial charge in [0.15, 0.2) is 0 Å². The number of halogens is 2. The van der Waals surface area contributed by atoms with Crippen molar-refractivity contribution in [3.05, 3.63) is 65.2 Å². The van der Waals surface area contributed by atoms with E-state index >= 15 is 0 Å². The van der Waals surface area contributed by atoms with Crippen LogP contribution in [0.4, 0.5) is 5.69 Å². The molecule has 0 atom stereocenters. The molecule has 2 aromatic carbocycles. The van der Waals surface area contributed by atoms with Gasteiger partial charge in [-0.3, -0.25) is 0 Å². The summed E-state index contributed by atoms with van der Waals surface area (Å²) in [6.07, 6.45) is 1.91. The van der Waals surface area contributed by atoms with Crippen LogP contribution in [0.5, 0.6) is 0 Å². The molecule has 0 bridgehead atoms. The van der Waals surface area contributed by atoms with E-state index in [1.54, 1.807) is 0 Å². The maximum atomic E-state index is 4.66. The van der Waals surface area contributed by atoms with Crippen molar-refractivity contribution >= 4 is 36.7 Å². The molecule has 0 aliphatic heterocycles. The van der Waals surface area contributed by atoms with Gasteiger partial charge < -0.3 is 4.99 Å². The molecule has 2 rings (SSSR count). The Morgan fingerprint density at radius 2 is 1.58 bits per heavy atom. The third-order valence-electron chi connectivity index (χ3n) is 3.53. The Labute approximate surface area is 174 Å². The fourth-order valence-electron chi connectivity index (χ4n) is 2.23. The van der Waals surface area contributed by atoms with Gasteiger partial charge in [0.05, 0.1) is 5.69 Å². The second-order valence-corrected chi connectivity index (χ2v) is 6.74. The van der Waals surface area contributed by atoms with Gasteiger partial charge in [0.2, 0.25) is 0 Å². The first kappa shape index (κ1) is 25.6. The fourth-order valence-corrected chi connectivity index (χ4v) is 2.23. The number of rotatable bonds is 3. The molecule has 0 saturated heterocycles. The molecule has 4 heteroatoms. The molecule has 0 aromatic heterocycles. The number of hydrogen-bond donors (Lipinski definition) is 0. The van der Waals surface area contributed by atoms with E-state index in [9.17, 15) is 0 Å². The standard InChI is InChI=1S/C20H24N.2ClH.Ti/c1-15(2)18-11-6-7-12-19(18)21-14-16-9-8-10-17(13-16)20(3,4)5;;;/h6-12,14-15H,1-5H3;2*1H;/q-1;;;. The predicted molar refractivity (Wildman–Crippen MR) is 106 cm³/mol. The minimum Gasteiger partial charge on any atom is -0.304 e. The Kier molecular flexibility index (Phi) is 11.9. The normalized spacial score (nSPS) is 10.8. The van der Waals surface area contributed by atoms with Gasteiger partial charge in [-0.1, -0.05) is 52.8 Å². The van der Waals surface area contributed by atoms with Crippen molar-refractivity contribution in [3.63, 3.8) is 0 Å². The molecule has 130 valence electrons. The van der Waals surface area contributed by atoms with Gasteiger partial charge in [0, 0.05) is 21.7 Å². The minimum absolute atomic E-state index is 0. The van der Waals surface area contributed by atoms with Crippen molar-refractivity contribution in [2.24, 2.45) is 4.99 Å². The molecule has 0 heterocycles. The van der Waals surface area contributed by atoms with Crippen LogP contribution in [0.25, 0.3) is 0 Å². The first-order valence-corrected chi connectivity index (χ1v) is 7.54. The van der Waals surface area contributed by atoms with Crippen molar-refractivity contribution in [1.29, 1.82) is 0 Å².